The van der Waals surface area contributed by atoms with Crippen LogP contribution in [-0.2, 0) is 32.1 Å². The van der Waals surface area contributed by atoms with Crippen LogP contribution in [0.4, 0.5) is 5.69 Å². The molecule has 19 aromatic rings. The molecule has 672 valence electrons. The molecular formula is C128H143NO2. The Morgan fingerprint density at radius 3 is 0.771 bits per heavy atom. The van der Waals surface area contributed by atoms with Crippen LogP contribution in [0.2, 0.25) is 0 Å². The summed E-state index contributed by atoms with van der Waals surface area (Å²) in [4.78, 5) is 32.3. The number of para-hydroxylation sites is 1. The van der Waals surface area contributed by atoms with Crippen LogP contribution in [0.15, 0.2) is 146 Å². The molecule has 131 heavy (non-hydrogen) atoms. The summed E-state index contributed by atoms with van der Waals surface area (Å²) in [6.07, 6.45) is 30.3. The van der Waals surface area contributed by atoms with E-state index in [1.54, 1.807) is 0 Å². The summed E-state index contributed by atoms with van der Waals surface area (Å²) in [5.74, 6) is 14.5. The second-order valence-electron chi connectivity index (χ2n) is 45.6. The van der Waals surface area contributed by atoms with Gasteiger partial charge >= 0.3 is 0 Å². The van der Waals surface area contributed by atoms with E-state index in [0.717, 1.165) is 134 Å². The number of benzene rings is 19. The van der Waals surface area contributed by atoms with Crippen molar-refractivity contribution in [3.63, 3.8) is 0 Å². The van der Waals surface area contributed by atoms with Crippen LogP contribution in [-0.4, -0.2) is 11.8 Å². The number of carbonyl (C=O) groups excluding carboxylic acids is 2. The fraction of sp³-hybridized carbons (Fsp3) is 0.438. The summed E-state index contributed by atoms with van der Waals surface area (Å²) in [7, 11) is 0. The Morgan fingerprint density at radius 2 is 0.481 bits per heavy atom. The Hall–Kier alpha value is -10.1. The van der Waals surface area contributed by atoms with Crippen LogP contribution in [0.1, 0.15) is 343 Å². The van der Waals surface area contributed by atoms with Crippen LogP contribution >= 0.6 is 0 Å². The van der Waals surface area contributed by atoms with Gasteiger partial charge in [-0.25, -0.2) is 4.90 Å². The molecule has 3 heteroatoms. The zero-order chi connectivity index (χ0) is 91.1. The van der Waals surface area contributed by atoms with Crippen LogP contribution < -0.4 is 4.90 Å². The van der Waals surface area contributed by atoms with Gasteiger partial charge in [-0.1, -0.05) is 355 Å². The van der Waals surface area contributed by atoms with Gasteiger partial charge < -0.3 is 0 Å². The molecule has 0 fully saturated rings. The quantitative estimate of drug-likeness (QED) is 0.0167. The van der Waals surface area contributed by atoms with E-state index >= 15 is 9.59 Å². The number of hydrogen-bond acceptors (Lipinski definition) is 2. The first-order valence-electron chi connectivity index (χ1n) is 52.2. The lowest BCUT2D eigenvalue weighted by molar-refractivity contribution is 0.0892. The molecule has 0 aromatic heterocycles. The maximum atomic E-state index is 15.4. The van der Waals surface area contributed by atoms with Gasteiger partial charge in [0.25, 0.3) is 11.8 Å². The lowest BCUT2D eigenvalue weighted by atomic mass is 9.72. The number of anilines is 1. The van der Waals surface area contributed by atoms with Gasteiger partial charge in [-0.2, -0.15) is 0 Å². The highest BCUT2D eigenvalue weighted by Gasteiger charge is 2.40. The summed E-state index contributed by atoms with van der Waals surface area (Å²) in [5.41, 5.74) is 13.3. The minimum Gasteiger partial charge on any atom is -0.268 e. The predicted molar refractivity (Wildman–Crippen MR) is 574 cm³/mol. The molecule has 19 aromatic carbocycles. The average molecular weight is 1730 g/mol. The second-order valence-corrected chi connectivity index (χ2v) is 45.6. The third kappa shape index (κ3) is 15.8. The Balaban J connectivity index is 0.863. The average Bonchev–Trinajstić information content (AvgIpc) is 0.640. The third-order valence-corrected chi connectivity index (χ3v) is 32.4. The topological polar surface area (TPSA) is 37.4 Å². The standard InChI is InChI=1S/C128H143NO2/c1-71(2)27-20-32-78(15)41-46-83-59-99-101-61-84(47-42-79(16)33-21-28-72(3)4)63-103-105-65-86(49-44-81(18)35-23-30-74(7)8)67-107-109-69-88(51-52-89-53-54-94-96-56-58-98-113-97(57-55-95(112(96)113)93-40-26-39-92(89)111(93)94)127(130)129(128(98)131)126-90(76(11)12)37-25-38-91(126)77(13)14)70-110-108-68-87(50-45-82(19)36-24-31-75(9)10)66-106-104-64-85(48-43-80(17)34-22-29-73(5)6)62-102-100(60-83)114(99)120-121(115(101)103)123(117(105)107)125(119(109)110)124(118(106)108)122(120)116(102)104/h25-26,37-40,53-82H,20-24,27-36,41-50H2,1-19H3. The molecule has 1 aliphatic rings. The van der Waals surface area contributed by atoms with Crippen molar-refractivity contribution in [1.29, 1.82) is 0 Å². The molecular weight excluding hydrogens is 1580 g/mol. The van der Waals surface area contributed by atoms with E-state index < -0.39 is 0 Å². The number of aryl methyl sites for hydroxylation is 5. The van der Waals surface area contributed by atoms with E-state index in [4.69, 9.17) is 0 Å². The Bertz CT molecular complexity index is 7220. The van der Waals surface area contributed by atoms with E-state index in [2.05, 4.69) is 277 Å². The lowest BCUT2D eigenvalue weighted by Crippen LogP contribution is -2.41. The van der Waals surface area contributed by atoms with E-state index in [1.165, 1.54) is 278 Å². The van der Waals surface area contributed by atoms with E-state index in [9.17, 15) is 0 Å². The lowest BCUT2D eigenvalue weighted by Gasteiger charge is -2.32. The summed E-state index contributed by atoms with van der Waals surface area (Å²) < 4.78 is 0. The van der Waals surface area contributed by atoms with Crippen molar-refractivity contribution < 1.29 is 9.59 Å². The normalized spacial score (nSPS) is 14.7. The molecule has 1 aliphatic heterocycles. The minimum absolute atomic E-state index is 0.103. The molecule has 20 rings (SSSR count). The van der Waals surface area contributed by atoms with E-state index in [1.807, 2.05) is 12.1 Å². The minimum atomic E-state index is -0.260. The number of rotatable bonds is 38. The fourth-order valence-electron chi connectivity index (χ4n) is 25.2. The Labute approximate surface area is 780 Å². The molecule has 5 unspecified atom stereocenters. The summed E-state index contributed by atoms with van der Waals surface area (Å²) in [5, 5.41) is 43.0. The highest BCUT2D eigenvalue weighted by Crippen LogP contribution is 2.62. The molecule has 0 aliphatic carbocycles. The summed E-state index contributed by atoms with van der Waals surface area (Å²) in [6.45, 7) is 45.3. The first kappa shape index (κ1) is 88.8. The zero-order valence-corrected chi connectivity index (χ0v) is 82.7. The number of fused-ring (bicyclic) bond motifs is 8. The molecule has 1 heterocycles. The monoisotopic (exact) mass is 1730 g/mol. The molecule has 0 spiro atoms. The molecule has 0 bridgehead atoms. The van der Waals surface area contributed by atoms with Gasteiger partial charge in [0, 0.05) is 27.6 Å². The van der Waals surface area contributed by atoms with Crippen LogP contribution in [0, 0.1) is 71.0 Å². The molecule has 5 atom stereocenters. The van der Waals surface area contributed by atoms with Crippen molar-refractivity contribution >= 4 is 190 Å². The first-order valence-corrected chi connectivity index (χ1v) is 52.2. The highest BCUT2D eigenvalue weighted by atomic mass is 16.2. The number of nitrogens with zero attached hydrogens (tertiary/aromatic N) is 1. The van der Waals surface area contributed by atoms with Crippen molar-refractivity contribution in [2.45, 2.75) is 304 Å². The number of amides is 2. The van der Waals surface area contributed by atoms with Crippen LogP contribution in [0.3, 0.4) is 0 Å². The number of imide groups is 1. The number of carbonyl (C=O) groups is 2. The summed E-state index contributed by atoms with van der Waals surface area (Å²) in [6, 6.07) is 58.5. The van der Waals surface area contributed by atoms with Gasteiger partial charge in [-0.3, -0.25) is 9.59 Å². The molecule has 0 N–H and O–H groups in total. The number of hydrogen-bond donors (Lipinski definition) is 0. The molecule has 0 saturated heterocycles. The van der Waals surface area contributed by atoms with Crippen molar-refractivity contribution in [1.82, 2.24) is 0 Å². The predicted octanol–water partition coefficient (Wildman–Crippen LogP) is 37.6. The second kappa shape index (κ2) is 35.7. The molecule has 0 radical (unpaired) electrons. The van der Waals surface area contributed by atoms with Gasteiger partial charge in [0.2, 0.25) is 0 Å². The van der Waals surface area contributed by atoms with Crippen LogP contribution in [0.25, 0.3) is 172 Å². The van der Waals surface area contributed by atoms with Crippen molar-refractivity contribution in [3.8, 4) is 11.8 Å². The van der Waals surface area contributed by atoms with Gasteiger partial charge in [-0.15, -0.1) is 0 Å². The van der Waals surface area contributed by atoms with Gasteiger partial charge in [0.15, 0.2) is 0 Å². The highest BCUT2D eigenvalue weighted by molar-refractivity contribution is 6.61. The Kier molecular flexibility index (Phi) is 24.2. The van der Waals surface area contributed by atoms with Crippen molar-refractivity contribution in [2.24, 2.45) is 59.2 Å². The Morgan fingerprint density at radius 1 is 0.229 bits per heavy atom. The van der Waals surface area contributed by atoms with Crippen molar-refractivity contribution in [2.75, 3.05) is 4.90 Å². The SMILES string of the molecule is CC(C)CCCC(C)CCc1cc2c3cc(C#Cc4ccc5c6ccc7c8c(ccc(c9cccc4c95)c86)C(=O)N(c4c(C(C)C)cccc4C(C)C)C7=O)cc4c5cc(CCC(C)CCCC(C)C)cc6c7cc(CCC(C)CCCC(C)C)cc8c9cc(CCC(C)CCCC(C)C)cc%10c%11cc(CCC(C)CCCC(C)C)cc%12c(c1)c2c1c(c34)c(c56)c(c78)c(c%109)c1c%12%11. The van der Waals surface area contributed by atoms with Crippen molar-refractivity contribution in [3.05, 3.63) is 207 Å². The smallest absolute Gasteiger partial charge is 0.266 e. The first-order chi connectivity index (χ1) is 63.2. The maximum absolute atomic E-state index is 15.4. The van der Waals surface area contributed by atoms with Gasteiger partial charge in [0.05, 0.1) is 5.69 Å². The third-order valence-electron chi connectivity index (χ3n) is 32.4. The van der Waals surface area contributed by atoms with Crippen LogP contribution in [0.5, 0.6) is 0 Å². The largest absolute Gasteiger partial charge is 0.268 e. The molecule has 3 nitrogen and oxygen atoms in total. The summed E-state index contributed by atoms with van der Waals surface area (Å²) >= 11 is 0. The molecule has 0 saturated carbocycles. The van der Waals surface area contributed by atoms with Gasteiger partial charge in [0.1, 0.15) is 0 Å². The molecule has 2 amide bonds. The fourth-order valence-corrected chi connectivity index (χ4v) is 25.2. The zero-order valence-electron chi connectivity index (χ0n) is 82.7. The van der Waals surface area contributed by atoms with E-state index in [-0.39, 0.29) is 23.7 Å². The van der Waals surface area contributed by atoms with E-state index in [0.29, 0.717) is 52.6 Å². The maximum Gasteiger partial charge on any atom is 0.266 e. The van der Waals surface area contributed by atoms with Gasteiger partial charge in [-0.05, 0) is 371 Å².